The van der Waals surface area contributed by atoms with E-state index in [2.05, 4.69) is 32.6 Å². The van der Waals surface area contributed by atoms with Crippen LogP contribution >= 0.6 is 11.6 Å². The van der Waals surface area contributed by atoms with Crippen molar-refractivity contribution in [3.63, 3.8) is 0 Å². The van der Waals surface area contributed by atoms with Crippen LogP contribution in [0.3, 0.4) is 0 Å². The van der Waals surface area contributed by atoms with E-state index in [0.717, 1.165) is 43.7 Å². The monoisotopic (exact) mass is 466 g/mol. The molecule has 5 unspecified atom stereocenters. The second-order valence-electron chi connectivity index (χ2n) is 10.4. The number of rotatable bonds is 5. The quantitative estimate of drug-likeness (QED) is 0.627. The van der Waals surface area contributed by atoms with Crippen LogP contribution in [0.15, 0.2) is 42.5 Å². The third-order valence-electron chi connectivity index (χ3n) is 8.23. The van der Waals surface area contributed by atoms with Gasteiger partial charge < -0.3 is 10.2 Å². The van der Waals surface area contributed by atoms with Gasteiger partial charge in [-0.3, -0.25) is 4.79 Å². The van der Waals surface area contributed by atoms with Crippen molar-refractivity contribution in [3.8, 4) is 11.3 Å². The summed E-state index contributed by atoms with van der Waals surface area (Å²) in [6.07, 6.45) is 9.51. The maximum atomic E-state index is 13.3. The molecule has 6 atom stereocenters. The number of amides is 1. The van der Waals surface area contributed by atoms with Crippen molar-refractivity contribution in [3.05, 3.63) is 53.3 Å². The summed E-state index contributed by atoms with van der Waals surface area (Å²) >= 11 is 6.11. The van der Waals surface area contributed by atoms with Gasteiger partial charge in [0.1, 0.15) is 5.82 Å². The van der Waals surface area contributed by atoms with Gasteiger partial charge in [-0.15, -0.1) is 10.2 Å². The number of allylic oxidation sites excluding steroid dienone is 2. The zero-order chi connectivity index (χ0) is 22.5. The van der Waals surface area contributed by atoms with Crippen molar-refractivity contribution in [1.82, 2.24) is 15.1 Å². The van der Waals surface area contributed by atoms with Crippen LogP contribution in [0.25, 0.3) is 11.3 Å². The van der Waals surface area contributed by atoms with E-state index < -0.39 is 5.82 Å². The average Bonchev–Trinajstić information content (AvgIpc) is 3.55. The van der Waals surface area contributed by atoms with E-state index in [1.807, 2.05) is 0 Å². The summed E-state index contributed by atoms with van der Waals surface area (Å²) in [4.78, 5) is 15.5. The van der Waals surface area contributed by atoms with E-state index in [9.17, 15) is 9.18 Å². The topological polar surface area (TPSA) is 58.1 Å². The van der Waals surface area contributed by atoms with Crippen LogP contribution in [0, 0.1) is 41.3 Å². The number of carbonyl (C=O) groups is 1. The Bertz CT molecular complexity index is 1080. The Kier molecular flexibility index (Phi) is 5.46. The molecule has 2 bridgehead atoms. The van der Waals surface area contributed by atoms with Crippen LogP contribution in [0.2, 0.25) is 5.02 Å². The molecule has 33 heavy (non-hydrogen) atoms. The third-order valence-corrected chi connectivity index (χ3v) is 8.54. The van der Waals surface area contributed by atoms with Crippen LogP contribution in [-0.4, -0.2) is 40.6 Å². The SMILES string of the molecule is O=C(Nc1ccc(-c2ccc(F)cc2Cl)nn1)C1CC2CN(CC3CC4C=CC3C4)C[C@@H]2C1. The molecule has 0 spiro atoms. The standard InChI is InChI=1S/C26H28ClFN4O/c27-23-11-21(28)3-4-22(23)24-5-6-25(31-30-24)29-26(33)17-9-19-13-32(14-20(19)10-17)12-18-8-15-1-2-16(18)7-15/h1-6,11,15-20H,7-10,12-14H2,(H,29,31,33)/t15?,16?,17?,18?,19-,20?/m0/s1. The van der Waals surface area contributed by atoms with E-state index in [1.165, 1.54) is 31.5 Å². The Morgan fingerprint density at radius 3 is 2.52 bits per heavy atom. The lowest BCUT2D eigenvalue weighted by Gasteiger charge is -2.26. The molecule has 1 aliphatic heterocycles. The molecule has 5 nitrogen and oxygen atoms in total. The highest BCUT2D eigenvalue weighted by atomic mass is 35.5. The first-order chi connectivity index (χ1) is 16.0. The molecule has 1 aromatic carbocycles. The van der Waals surface area contributed by atoms with E-state index in [1.54, 1.807) is 18.2 Å². The van der Waals surface area contributed by atoms with Gasteiger partial charge in [-0.2, -0.15) is 0 Å². The predicted octanol–water partition coefficient (Wildman–Crippen LogP) is 5.04. The summed E-state index contributed by atoms with van der Waals surface area (Å²) in [6.45, 7) is 3.51. The number of benzene rings is 1. The number of anilines is 1. The third kappa shape index (κ3) is 4.19. The van der Waals surface area contributed by atoms with E-state index in [4.69, 9.17) is 11.6 Å². The lowest BCUT2D eigenvalue weighted by molar-refractivity contribution is -0.119. The first-order valence-corrected chi connectivity index (χ1v) is 12.4. The van der Waals surface area contributed by atoms with Gasteiger partial charge in [0.15, 0.2) is 5.82 Å². The van der Waals surface area contributed by atoms with Crippen LogP contribution in [0.1, 0.15) is 25.7 Å². The van der Waals surface area contributed by atoms with Crippen molar-refractivity contribution >= 4 is 23.3 Å². The predicted molar refractivity (Wildman–Crippen MR) is 126 cm³/mol. The zero-order valence-electron chi connectivity index (χ0n) is 18.5. The molecule has 7 heteroatoms. The minimum absolute atomic E-state index is 0.0380. The van der Waals surface area contributed by atoms with Crippen molar-refractivity contribution in [2.45, 2.75) is 25.7 Å². The van der Waals surface area contributed by atoms with E-state index >= 15 is 0 Å². The van der Waals surface area contributed by atoms with Gasteiger partial charge in [-0.25, -0.2) is 4.39 Å². The average molecular weight is 467 g/mol. The van der Waals surface area contributed by atoms with E-state index in [0.29, 0.717) is 28.9 Å². The van der Waals surface area contributed by atoms with Crippen LogP contribution in [0.4, 0.5) is 10.2 Å². The molecule has 2 aromatic rings. The summed E-state index contributed by atoms with van der Waals surface area (Å²) in [5.74, 6) is 3.85. The number of nitrogens with zero attached hydrogens (tertiary/aromatic N) is 3. The molecule has 1 saturated heterocycles. The summed E-state index contributed by atoms with van der Waals surface area (Å²) in [6, 6.07) is 7.64. The first kappa shape index (κ1) is 21.2. The highest BCUT2D eigenvalue weighted by Crippen LogP contribution is 2.46. The fourth-order valence-electron chi connectivity index (χ4n) is 6.66. The molecule has 4 aliphatic rings. The summed E-state index contributed by atoms with van der Waals surface area (Å²) in [5, 5.41) is 11.5. The molecule has 2 heterocycles. The van der Waals surface area contributed by atoms with Crippen LogP contribution < -0.4 is 5.32 Å². The van der Waals surface area contributed by atoms with Crippen LogP contribution in [-0.2, 0) is 4.79 Å². The fourth-order valence-corrected chi connectivity index (χ4v) is 6.93. The Labute approximate surface area is 198 Å². The molecule has 0 radical (unpaired) electrons. The largest absolute Gasteiger partial charge is 0.309 e. The molecule has 1 aromatic heterocycles. The molecule has 2 saturated carbocycles. The molecule has 3 aliphatic carbocycles. The molecule has 3 fully saturated rings. The zero-order valence-corrected chi connectivity index (χ0v) is 19.2. The highest BCUT2D eigenvalue weighted by Gasteiger charge is 2.45. The summed E-state index contributed by atoms with van der Waals surface area (Å²) in [7, 11) is 0. The maximum Gasteiger partial charge on any atom is 0.228 e. The fraction of sp³-hybridized carbons (Fsp3) is 0.500. The number of hydrogen-bond acceptors (Lipinski definition) is 4. The number of halogens is 2. The molecule has 6 rings (SSSR count). The Morgan fingerprint density at radius 1 is 1.06 bits per heavy atom. The van der Waals surface area contributed by atoms with Gasteiger partial charge in [0.05, 0.1) is 10.7 Å². The minimum atomic E-state index is -0.396. The normalized spacial score (nSPS) is 32.4. The van der Waals surface area contributed by atoms with Gasteiger partial charge >= 0.3 is 0 Å². The van der Waals surface area contributed by atoms with E-state index in [-0.39, 0.29) is 16.8 Å². The van der Waals surface area contributed by atoms with Crippen molar-refractivity contribution in [2.75, 3.05) is 25.0 Å². The number of hydrogen-bond donors (Lipinski definition) is 1. The number of carbonyl (C=O) groups excluding carboxylic acids is 1. The second kappa shape index (κ2) is 8.48. The molecule has 1 amide bonds. The van der Waals surface area contributed by atoms with Crippen molar-refractivity contribution in [2.24, 2.45) is 35.5 Å². The van der Waals surface area contributed by atoms with Gasteiger partial charge in [-0.05, 0) is 85.6 Å². The number of likely N-dealkylation sites (tertiary alicyclic amines) is 1. The van der Waals surface area contributed by atoms with Crippen LogP contribution in [0.5, 0.6) is 0 Å². The number of nitrogens with one attached hydrogen (secondary N) is 1. The summed E-state index contributed by atoms with van der Waals surface area (Å²) < 4.78 is 13.3. The lowest BCUT2D eigenvalue weighted by atomic mass is 9.93. The highest BCUT2D eigenvalue weighted by molar-refractivity contribution is 6.33. The van der Waals surface area contributed by atoms with Gasteiger partial charge in [0.25, 0.3) is 0 Å². The van der Waals surface area contributed by atoms with Crippen molar-refractivity contribution < 1.29 is 9.18 Å². The Balaban J connectivity index is 1.02. The molecular formula is C26H28ClFN4O. The van der Waals surface area contributed by atoms with Gasteiger partial charge in [0.2, 0.25) is 5.91 Å². The maximum absolute atomic E-state index is 13.3. The van der Waals surface area contributed by atoms with Gasteiger partial charge in [0, 0.05) is 31.1 Å². The smallest absolute Gasteiger partial charge is 0.228 e. The first-order valence-electron chi connectivity index (χ1n) is 12.0. The number of aromatic nitrogens is 2. The number of fused-ring (bicyclic) bond motifs is 3. The molecule has 1 N–H and O–H groups in total. The molecule has 172 valence electrons. The lowest BCUT2D eigenvalue weighted by Crippen LogP contribution is -2.31. The molecular weight excluding hydrogens is 439 g/mol. The second-order valence-corrected chi connectivity index (χ2v) is 10.8. The Morgan fingerprint density at radius 2 is 1.88 bits per heavy atom. The summed E-state index contributed by atoms with van der Waals surface area (Å²) in [5.41, 5.74) is 1.15. The minimum Gasteiger partial charge on any atom is -0.309 e. The Hall–Kier alpha value is -2.31. The van der Waals surface area contributed by atoms with Crippen molar-refractivity contribution in [1.29, 1.82) is 0 Å². The van der Waals surface area contributed by atoms with Gasteiger partial charge in [-0.1, -0.05) is 23.8 Å².